The van der Waals surface area contributed by atoms with Crippen LogP contribution in [0.3, 0.4) is 0 Å². The van der Waals surface area contributed by atoms with E-state index in [2.05, 4.69) is 0 Å². The Bertz CT molecular complexity index is 630. The standard InChI is InChI=1S/C15H17F2N3/c1-9-7-10(8-20(2)15(9)19)3-4-11-12(16)5-6-13(18)14(11)17/h3-7H,8,18-19H2,1-2H3. The fourth-order valence-corrected chi connectivity index (χ4v) is 2.09. The van der Waals surface area contributed by atoms with E-state index in [0.717, 1.165) is 17.2 Å². The first-order chi connectivity index (χ1) is 9.40. The molecular formula is C15H17F2N3. The highest BCUT2D eigenvalue weighted by Crippen LogP contribution is 2.22. The van der Waals surface area contributed by atoms with Gasteiger partial charge in [-0.1, -0.05) is 12.2 Å². The van der Waals surface area contributed by atoms with Gasteiger partial charge in [0.2, 0.25) is 0 Å². The minimum absolute atomic E-state index is 0.0684. The molecule has 0 aliphatic carbocycles. The molecule has 106 valence electrons. The Morgan fingerprint density at radius 1 is 1.20 bits per heavy atom. The van der Waals surface area contributed by atoms with Crippen LogP contribution < -0.4 is 11.5 Å². The second-order valence-corrected chi connectivity index (χ2v) is 4.84. The zero-order chi connectivity index (χ0) is 14.9. The first kappa shape index (κ1) is 14.1. The molecule has 0 saturated heterocycles. The summed E-state index contributed by atoms with van der Waals surface area (Å²) in [6, 6.07) is 2.37. The van der Waals surface area contributed by atoms with Crippen LogP contribution in [0.2, 0.25) is 0 Å². The number of likely N-dealkylation sites (N-methyl/N-ethyl adjacent to an activating group) is 1. The van der Waals surface area contributed by atoms with E-state index in [9.17, 15) is 8.78 Å². The van der Waals surface area contributed by atoms with Crippen molar-refractivity contribution in [2.24, 2.45) is 5.73 Å². The Labute approximate surface area is 116 Å². The van der Waals surface area contributed by atoms with E-state index >= 15 is 0 Å². The monoisotopic (exact) mass is 277 g/mol. The molecule has 0 atom stereocenters. The molecular weight excluding hydrogens is 260 g/mol. The summed E-state index contributed by atoms with van der Waals surface area (Å²) >= 11 is 0. The highest BCUT2D eigenvalue weighted by atomic mass is 19.1. The van der Waals surface area contributed by atoms with Crippen LogP contribution >= 0.6 is 0 Å². The summed E-state index contributed by atoms with van der Waals surface area (Å²) in [6.45, 7) is 2.48. The molecule has 0 bridgehead atoms. The molecule has 5 heteroatoms. The third kappa shape index (κ3) is 2.66. The average Bonchev–Trinajstić information content (AvgIpc) is 2.40. The summed E-state index contributed by atoms with van der Waals surface area (Å²) in [5, 5.41) is 0. The van der Waals surface area contributed by atoms with E-state index < -0.39 is 11.6 Å². The lowest BCUT2D eigenvalue weighted by Crippen LogP contribution is -2.29. The van der Waals surface area contributed by atoms with E-state index in [1.165, 1.54) is 12.1 Å². The zero-order valence-corrected chi connectivity index (χ0v) is 11.5. The summed E-state index contributed by atoms with van der Waals surface area (Å²) in [7, 11) is 1.86. The van der Waals surface area contributed by atoms with Crippen LogP contribution in [0.1, 0.15) is 12.5 Å². The van der Waals surface area contributed by atoms with Gasteiger partial charge < -0.3 is 16.4 Å². The van der Waals surface area contributed by atoms with Crippen LogP contribution in [0.5, 0.6) is 0 Å². The number of rotatable bonds is 2. The smallest absolute Gasteiger partial charge is 0.156 e. The Kier molecular flexibility index (Phi) is 3.79. The molecule has 1 heterocycles. The van der Waals surface area contributed by atoms with Gasteiger partial charge in [0, 0.05) is 19.2 Å². The fraction of sp³-hybridized carbons (Fsp3) is 0.200. The molecule has 1 aromatic rings. The summed E-state index contributed by atoms with van der Waals surface area (Å²) in [6.07, 6.45) is 4.97. The molecule has 0 spiro atoms. The molecule has 0 saturated carbocycles. The lowest BCUT2D eigenvalue weighted by molar-refractivity contribution is 0.440. The third-order valence-electron chi connectivity index (χ3n) is 3.26. The van der Waals surface area contributed by atoms with Crippen molar-refractivity contribution in [1.82, 2.24) is 4.90 Å². The number of benzene rings is 1. The Morgan fingerprint density at radius 2 is 1.90 bits per heavy atom. The molecule has 20 heavy (non-hydrogen) atoms. The summed E-state index contributed by atoms with van der Waals surface area (Å²) < 4.78 is 27.4. The van der Waals surface area contributed by atoms with Gasteiger partial charge in [0.25, 0.3) is 0 Å². The first-order valence-corrected chi connectivity index (χ1v) is 6.19. The predicted octanol–water partition coefficient (Wildman–Crippen LogP) is 2.62. The van der Waals surface area contributed by atoms with Gasteiger partial charge in [-0.25, -0.2) is 8.78 Å². The minimum Gasteiger partial charge on any atom is -0.396 e. The van der Waals surface area contributed by atoms with Crippen molar-refractivity contribution in [2.45, 2.75) is 6.92 Å². The van der Waals surface area contributed by atoms with Crippen LogP contribution in [-0.4, -0.2) is 18.5 Å². The van der Waals surface area contributed by atoms with Crippen molar-refractivity contribution < 1.29 is 8.78 Å². The third-order valence-corrected chi connectivity index (χ3v) is 3.26. The van der Waals surface area contributed by atoms with Gasteiger partial charge in [-0.3, -0.25) is 0 Å². The lowest BCUT2D eigenvalue weighted by Gasteiger charge is -2.25. The van der Waals surface area contributed by atoms with Gasteiger partial charge in [-0.05, 0) is 36.3 Å². The van der Waals surface area contributed by atoms with E-state index in [1.54, 1.807) is 6.08 Å². The van der Waals surface area contributed by atoms with Crippen LogP contribution in [0, 0.1) is 11.6 Å². The zero-order valence-electron chi connectivity index (χ0n) is 11.5. The van der Waals surface area contributed by atoms with E-state index in [4.69, 9.17) is 11.5 Å². The highest BCUT2D eigenvalue weighted by Gasteiger charge is 2.12. The van der Waals surface area contributed by atoms with Crippen LogP contribution in [0.4, 0.5) is 14.5 Å². The van der Waals surface area contributed by atoms with Crippen molar-refractivity contribution in [3.63, 3.8) is 0 Å². The molecule has 0 aromatic heterocycles. The maximum atomic E-state index is 13.8. The normalized spacial score (nSPS) is 16.0. The number of nitrogen functional groups attached to an aromatic ring is 1. The SMILES string of the molecule is CC1=C(N)N(C)CC(C=Cc2c(F)ccc(N)c2F)=C1. The molecule has 1 aliphatic rings. The van der Waals surface area contributed by atoms with Gasteiger partial charge in [-0.2, -0.15) is 0 Å². The topological polar surface area (TPSA) is 55.3 Å². The van der Waals surface area contributed by atoms with Gasteiger partial charge in [0.05, 0.1) is 5.69 Å². The van der Waals surface area contributed by atoms with Crippen LogP contribution in [0.25, 0.3) is 6.08 Å². The van der Waals surface area contributed by atoms with Crippen molar-refractivity contribution in [1.29, 1.82) is 0 Å². The van der Waals surface area contributed by atoms with Crippen molar-refractivity contribution in [2.75, 3.05) is 19.3 Å². The molecule has 0 fully saturated rings. The van der Waals surface area contributed by atoms with Gasteiger partial charge in [0.15, 0.2) is 5.82 Å². The van der Waals surface area contributed by atoms with Crippen molar-refractivity contribution in [3.05, 3.63) is 58.4 Å². The molecule has 0 radical (unpaired) electrons. The largest absolute Gasteiger partial charge is 0.396 e. The highest BCUT2D eigenvalue weighted by molar-refractivity contribution is 5.60. The maximum absolute atomic E-state index is 13.8. The summed E-state index contributed by atoms with van der Waals surface area (Å²) in [5.41, 5.74) is 12.9. The maximum Gasteiger partial charge on any atom is 0.156 e. The second-order valence-electron chi connectivity index (χ2n) is 4.84. The van der Waals surface area contributed by atoms with Crippen molar-refractivity contribution >= 4 is 11.8 Å². The number of nitrogens with two attached hydrogens (primary N) is 2. The van der Waals surface area contributed by atoms with Gasteiger partial charge in [-0.15, -0.1) is 0 Å². The van der Waals surface area contributed by atoms with Crippen LogP contribution in [0.15, 0.2) is 41.3 Å². The molecule has 0 amide bonds. The number of nitrogens with zero attached hydrogens (tertiary/aromatic N) is 1. The lowest BCUT2D eigenvalue weighted by atomic mass is 10.1. The van der Waals surface area contributed by atoms with E-state index in [-0.39, 0.29) is 11.3 Å². The number of hydrogen-bond acceptors (Lipinski definition) is 3. The minimum atomic E-state index is -0.738. The predicted molar refractivity (Wildman–Crippen MR) is 77.4 cm³/mol. The molecule has 4 N–H and O–H groups in total. The quantitative estimate of drug-likeness (QED) is 0.817. The summed E-state index contributed by atoms with van der Waals surface area (Å²) in [5.74, 6) is -0.675. The number of allylic oxidation sites excluding steroid dienone is 2. The molecule has 1 aromatic carbocycles. The van der Waals surface area contributed by atoms with Crippen LogP contribution in [-0.2, 0) is 0 Å². The number of anilines is 1. The van der Waals surface area contributed by atoms with Crippen molar-refractivity contribution in [3.8, 4) is 0 Å². The molecule has 0 unspecified atom stereocenters. The molecule has 1 aliphatic heterocycles. The fourth-order valence-electron chi connectivity index (χ4n) is 2.09. The Hall–Kier alpha value is -2.30. The molecule has 2 rings (SSSR count). The Morgan fingerprint density at radius 3 is 2.55 bits per heavy atom. The van der Waals surface area contributed by atoms with E-state index in [1.807, 2.05) is 24.9 Å². The first-order valence-electron chi connectivity index (χ1n) is 6.19. The van der Waals surface area contributed by atoms with E-state index in [0.29, 0.717) is 12.4 Å². The average molecular weight is 277 g/mol. The molecule has 3 nitrogen and oxygen atoms in total. The Balaban J connectivity index is 2.32. The van der Waals surface area contributed by atoms with Gasteiger partial charge >= 0.3 is 0 Å². The number of hydrogen-bond donors (Lipinski definition) is 2. The number of halogens is 2. The summed E-state index contributed by atoms with van der Waals surface area (Å²) in [4.78, 5) is 1.88. The van der Waals surface area contributed by atoms with Gasteiger partial charge in [0.1, 0.15) is 11.6 Å². The second kappa shape index (κ2) is 5.36.